The SMILES string of the molecule is C#C.C=CC.CC=N/C(=C\C)c1nnc(-c2ccncc2)n1-c1ccc(-n2c(CC)c(C)c3ccccc32)cn1. The third-order valence-electron chi connectivity index (χ3n) is 6.18. The molecule has 0 N–H and O–H groups in total. The van der Waals surface area contributed by atoms with Gasteiger partial charge in [0.25, 0.3) is 0 Å². The van der Waals surface area contributed by atoms with Gasteiger partial charge in [0.1, 0.15) is 11.5 Å². The fourth-order valence-corrected chi connectivity index (χ4v) is 4.57. The molecule has 7 nitrogen and oxygen atoms in total. The Morgan fingerprint density at radius 2 is 1.68 bits per heavy atom. The lowest BCUT2D eigenvalue weighted by Crippen LogP contribution is -2.06. The number of para-hydroxylation sites is 1. The summed E-state index contributed by atoms with van der Waals surface area (Å²) in [6, 6.07) is 16.5. The van der Waals surface area contributed by atoms with Crippen molar-refractivity contribution in [3.05, 3.63) is 103 Å². The second-order valence-electron chi connectivity index (χ2n) is 8.54. The maximum Gasteiger partial charge on any atom is 0.188 e. The molecule has 0 aliphatic heterocycles. The van der Waals surface area contributed by atoms with E-state index < -0.39 is 0 Å². The van der Waals surface area contributed by atoms with Gasteiger partial charge in [-0.3, -0.25) is 14.5 Å². The molecule has 5 rings (SSSR count). The molecule has 0 fully saturated rings. The Bertz CT molecular complexity index is 1630. The summed E-state index contributed by atoms with van der Waals surface area (Å²) in [5.41, 5.74) is 6.44. The number of hydrogen-bond donors (Lipinski definition) is 0. The van der Waals surface area contributed by atoms with E-state index in [9.17, 15) is 0 Å². The van der Waals surface area contributed by atoms with E-state index in [-0.39, 0.29) is 0 Å². The lowest BCUT2D eigenvalue weighted by molar-refractivity contribution is 0.925. The summed E-state index contributed by atoms with van der Waals surface area (Å²) < 4.78 is 4.25. The van der Waals surface area contributed by atoms with Crippen molar-refractivity contribution in [2.24, 2.45) is 4.99 Å². The number of aliphatic imine (C=N–C) groups is 1. The van der Waals surface area contributed by atoms with Crippen molar-refractivity contribution >= 4 is 22.8 Å². The van der Waals surface area contributed by atoms with Crippen LogP contribution in [0.15, 0.2) is 90.8 Å². The van der Waals surface area contributed by atoms with E-state index in [1.165, 1.54) is 22.2 Å². The van der Waals surface area contributed by atoms with Crippen LogP contribution in [0.3, 0.4) is 0 Å². The molecule has 0 radical (unpaired) electrons. The predicted molar refractivity (Wildman–Crippen MR) is 167 cm³/mol. The van der Waals surface area contributed by atoms with Crippen molar-refractivity contribution in [1.29, 1.82) is 0 Å². The number of fused-ring (bicyclic) bond motifs is 1. The maximum absolute atomic E-state index is 4.88. The van der Waals surface area contributed by atoms with E-state index >= 15 is 0 Å². The number of benzene rings is 1. The second kappa shape index (κ2) is 14.2. The number of pyridine rings is 2. The Kier molecular flexibility index (Phi) is 10.4. The molecule has 5 aromatic rings. The van der Waals surface area contributed by atoms with Gasteiger partial charge in [-0.05, 0) is 70.0 Å². The first-order valence-electron chi connectivity index (χ1n) is 13.1. The topological polar surface area (TPSA) is 73.8 Å². The number of terminal acetylenes is 1. The zero-order chi connectivity index (χ0) is 29.1. The molecule has 1 aromatic carbocycles. The molecule has 0 aliphatic carbocycles. The molecule has 202 valence electrons. The van der Waals surface area contributed by atoms with E-state index in [1.54, 1.807) is 24.7 Å². The van der Waals surface area contributed by atoms with E-state index in [0.717, 1.165) is 29.2 Å². The first-order chi connectivity index (χ1) is 19.6. The number of aryl methyl sites for hydroxylation is 1. The van der Waals surface area contributed by atoms with E-state index in [1.807, 2.05) is 55.8 Å². The summed E-state index contributed by atoms with van der Waals surface area (Å²) in [4.78, 5) is 13.5. The normalized spacial score (nSPS) is 11.0. The third-order valence-corrected chi connectivity index (χ3v) is 6.18. The summed E-state index contributed by atoms with van der Waals surface area (Å²) in [5.74, 6) is 2.04. The standard InChI is InChI=1S/C28H27N7.C3H6.C2H2/c1-5-23(30-7-3)28-33-32-27(20-14-16-29-17-15-20)35(28)26-13-12-21(18-31-26)34-24(6-2)19(4)22-10-8-9-11-25(22)34;1-3-2;1-2/h5,7-18H,6H2,1-4H3;3H,1H2,2H3;1-2H/b23-5-,30-7?;;. The second-order valence-corrected chi connectivity index (χ2v) is 8.54. The van der Waals surface area contributed by atoms with Crippen LogP contribution in [0.5, 0.6) is 0 Å². The monoisotopic (exact) mass is 529 g/mol. The average molecular weight is 530 g/mol. The number of nitrogens with zero attached hydrogens (tertiary/aromatic N) is 7. The average Bonchev–Trinajstić information content (AvgIpc) is 3.57. The summed E-state index contributed by atoms with van der Waals surface area (Å²) in [6.07, 6.45) is 19.8. The van der Waals surface area contributed by atoms with Gasteiger partial charge in [0.15, 0.2) is 11.6 Å². The van der Waals surface area contributed by atoms with Crippen LogP contribution in [0, 0.1) is 19.8 Å². The first kappa shape index (κ1) is 29.5. The Morgan fingerprint density at radius 1 is 0.975 bits per heavy atom. The third kappa shape index (κ3) is 5.82. The number of rotatable bonds is 6. The minimum absolute atomic E-state index is 0.633. The lowest BCUT2D eigenvalue weighted by atomic mass is 10.1. The minimum Gasteiger partial charge on any atom is -0.312 e. The van der Waals surface area contributed by atoms with Crippen LogP contribution >= 0.6 is 0 Å². The van der Waals surface area contributed by atoms with Crippen LogP contribution in [0.25, 0.3) is 39.5 Å². The minimum atomic E-state index is 0.633. The van der Waals surface area contributed by atoms with Crippen LogP contribution in [0.2, 0.25) is 0 Å². The summed E-state index contributed by atoms with van der Waals surface area (Å²) in [6.45, 7) is 13.5. The molecular weight excluding hydrogens is 494 g/mol. The molecule has 0 bridgehead atoms. The van der Waals surface area contributed by atoms with Gasteiger partial charge in [-0.15, -0.1) is 29.6 Å². The van der Waals surface area contributed by atoms with Crippen molar-refractivity contribution < 1.29 is 0 Å². The van der Waals surface area contributed by atoms with Gasteiger partial charge in [-0.25, -0.2) is 4.98 Å². The summed E-state index contributed by atoms with van der Waals surface area (Å²) in [7, 11) is 0. The molecule has 0 aliphatic rings. The summed E-state index contributed by atoms with van der Waals surface area (Å²) >= 11 is 0. The number of allylic oxidation sites excluding steroid dienone is 2. The highest BCUT2D eigenvalue weighted by molar-refractivity contribution is 5.87. The molecule has 0 spiro atoms. The Morgan fingerprint density at radius 3 is 2.27 bits per heavy atom. The van der Waals surface area contributed by atoms with Gasteiger partial charge >= 0.3 is 0 Å². The Balaban J connectivity index is 0.000000827. The van der Waals surface area contributed by atoms with E-state index in [2.05, 4.69) is 88.3 Å². The van der Waals surface area contributed by atoms with Crippen LogP contribution in [-0.2, 0) is 6.42 Å². The fourth-order valence-electron chi connectivity index (χ4n) is 4.57. The quantitative estimate of drug-likeness (QED) is 0.130. The Hall–Kier alpha value is -5.09. The van der Waals surface area contributed by atoms with Gasteiger partial charge in [0, 0.05) is 35.3 Å². The van der Waals surface area contributed by atoms with Crippen molar-refractivity contribution in [2.75, 3.05) is 0 Å². The van der Waals surface area contributed by atoms with Gasteiger partial charge in [-0.1, -0.05) is 37.3 Å². The number of hydrogen-bond acceptors (Lipinski definition) is 5. The van der Waals surface area contributed by atoms with Crippen LogP contribution in [0.1, 0.15) is 44.8 Å². The molecule has 0 saturated heterocycles. The first-order valence-corrected chi connectivity index (χ1v) is 13.1. The fraction of sp³-hybridized carbons (Fsp3) is 0.182. The molecule has 40 heavy (non-hydrogen) atoms. The van der Waals surface area contributed by atoms with E-state index in [0.29, 0.717) is 11.6 Å². The van der Waals surface area contributed by atoms with Gasteiger partial charge in [-0.2, -0.15) is 0 Å². The molecule has 0 amide bonds. The largest absolute Gasteiger partial charge is 0.312 e. The van der Waals surface area contributed by atoms with Crippen molar-refractivity contribution in [2.45, 2.75) is 41.0 Å². The van der Waals surface area contributed by atoms with Crippen molar-refractivity contribution in [1.82, 2.24) is 29.3 Å². The van der Waals surface area contributed by atoms with E-state index in [4.69, 9.17) is 4.98 Å². The molecule has 0 atom stereocenters. The molecule has 4 aromatic heterocycles. The van der Waals surface area contributed by atoms with Gasteiger partial charge in [0.2, 0.25) is 0 Å². The Labute approximate surface area is 236 Å². The maximum atomic E-state index is 4.88. The smallest absolute Gasteiger partial charge is 0.188 e. The summed E-state index contributed by atoms with van der Waals surface area (Å²) in [5, 5.41) is 10.2. The molecule has 0 saturated carbocycles. The highest BCUT2D eigenvalue weighted by Crippen LogP contribution is 2.30. The van der Waals surface area contributed by atoms with Crippen LogP contribution in [0.4, 0.5) is 0 Å². The zero-order valence-corrected chi connectivity index (χ0v) is 23.8. The number of aromatic nitrogens is 6. The van der Waals surface area contributed by atoms with Gasteiger partial charge in [0.05, 0.1) is 17.4 Å². The zero-order valence-electron chi connectivity index (χ0n) is 23.8. The molecule has 4 heterocycles. The predicted octanol–water partition coefficient (Wildman–Crippen LogP) is 7.43. The molecule has 7 heteroatoms. The van der Waals surface area contributed by atoms with Crippen LogP contribution < -0.4 is 0 Å². The highest BCUT2D eigenvalue weighted by Gasteiger charge is 2.20. The van der Waals surface area contributed by atoms with Crippen molar-refractivity contribution in [3.8, 4) is 35.7 Å². The molecule has 0 unspecified atom stereocenters. The highest BCUT2D eigenvalue weighted by atomic mass is 15.3. The van der Waals surface area contributed by atoms with Crippen LogP contribution in [-0.4, -0.2) is 35.5 Å². The molecular formula is C33H35N7. The lowest BCUT2D eigenvalue weighted by Gasteiger charge is -2.13. The van der Waals surface area contributed by atoms with Crippen molar-refractivity contribution in [3.63, 3.8) is 0 Å². The van der Waals surface area contributed by atoms with Gasteiger partial charge < -0.3 is 4.57 Å².